The van der Waals surface area contributed by atoms with Gasteiger partial charge >= 0.3 is 0 Å². The average Bonchev–Trinajstić information content (AvgIpc) is 1.81. The van der Waals surface area contributed by atoms with E-state index < -0.39 is 0 Å². The van der Waals surface area contributed by atoms with Crippen LogP contribution in [0.15, 0.2) is 22.6 Å². The summed E-state index contributed by atoms with van der Waals surface area (Å²) in [7, 11) is 0. The fourth-order valence-electron chi connectivity index (χ4n) is 0.235. The van der Waals surface area contributed by atoms with Gasteiger partial charge in [0, 0.05) is 6.21 Å². The summed E-state index contributed by atoms with van der Waals surface area (Å²) in [5.41, 5.74) is 0. The molecule has 0 aliphatic rings. The first-order valence-electron chi connectivity index (χ1n) is 2.48. The first kappa shape index (κ1) is 7.08. The highest BCUT2D eigenvalue weighted by molar-refractivity contribution is 5.70. The normalized spacial score (nSPS) is 11.1. The van der Waals surface area contributed by atoms with Crippen LogP contribution < -0.4 is 0 Å². The molecule has 0 aromatic rings. The first-order chi connectivity index (χ1) is 3.91. The second-order valence-electron chi connectivity index (χ2n) is 1.18. The van der Waals surface area contributed by atoms with Gasteiger partial charge in [0.15, 0.2) is 0 Å². The molecule has 0 amide bonds. The third-order valence-electron chi connectivity index (χ3n) is 0.532. The maximum Gasteiger partial charge on any atom is 0.109 e. The lowest BCUT2D eigenvalue weighted by Crippen LogP contribution is -1.70. The van der Waals surface area contributed by atoms with Crippen LogP contribution in [0.1, 0.15) is 6.92 Å². The molecule has 44 valence electrons. The van der Waals surface area contributed by atoms with Gasteiger partial charge in [-0.05, 0) is 6.92 Å². The Labute approximate surface area is 49.7 Å². The fourth-order valence-corrected chi connectivity index (χ4v) is 0.235. The SMILES string of the molecule is C=CCN=CN=CC. The van der Waals surface area contributed by atoms with Crippen LogP contribution in [0.4, 0.5) is 0 Å². The highest BCUT2D eigenvalue weighted by Gasteiger charge is 1.61. The zero-order chi connectivity index (χ0) is 6.24. The summed E-state index contributed by atoms with van der Waals surface area (Å²) >= 11 is 0. The number of nitrogens with zero attached hydrogens (tertiary/aromatic N) is 2. The molecule has 0 saturated carbocycles. The van der Waals surface area contributed by atoms with Gasteiger partial charge in [0.25, 0.3) is 0 Å². The van der Waals surface area contributed by atoms with Gasteiger partial charge in [-0.3, -0.25) is 4.99 Å². The summed E-state index contributed by atoms with van der Waals surface area (Å²) in [4.78, 5) is 7.58. The zero-order valence-corrected chi connectivity index (χ0v) is 5.04. The van der Waals surface area contributed by atoms with Gasteiger partial charge in [-0.25, -0.2) is 4.99 Å². The Morgan fingerprint density at radius 2 is 2.38 bits per heavy atom. The van der Waals surface area contributed by atoms with Gasteiger partial charge in [0.1, 0.15) is 6.34 Å². The lowest BCUT2D eigenvalue weighted by Gasteiger charge is -1.74. The molecule has 0 aromatic carbocycles. The third-order valence-corrected chi connectivity index (χ3v) is 0.532. The van der Waals surface area contributed by atoms with Crippen molar-refractivity contribution in [3.63, 3.8) is 0 Å². The Hall–Kier alpha value is -0.920. The Morgan fingerprint density at radius 1 is 1.62 bits per heavy atom. The Kier molecular flexibility index (Phi) is 5.38. The van der Waals surface area contributed by atoms with E-state index >= 15 is 0 Å². The molecule has 0 N–H and O–H groups in total. The molecular weight excluding hydrogens is 100 g/mol. The summed E-state index contributed by atoms with van der Waals surface area (Å²) in [6, 6.07) is 0. The number of hydrogen-bond acceptors (Lipinski definition) is 1. The highest BCUT2D eigenvalue weighted by atomic mass is 14.8. The van der Waals surface area contributed by atoms with Crippen LogP contribution in [0, 0.1) is 0 Å². The van der Waals surface area contributed by atoms with Crippen LogP contribution >= 0.6 is 0 Å². The minimum Gasteiger partial charge on any atom is -0.269 e. The van der Waals surface area contributed by atoms with Crippen molar-refractivity contribution in [2.24, 2.45) is 9.98 Å². The van der Waals surface area contributed by atoms with Gasteiger partial charge < -0.3 is 0 Å². The smallest absolute Gasteiger partial charge is 0.109 e. The second-order valence-corrected chi connectivity index (χ2v) is 1.18. The molecule has 8 heavy (non-hydrogen) atoms. The minimum atomic E-state index is 0.650. The molecule has 0 unspecified atom stereocenters. The molecule has 0 bridgehead atoms. The van der Waals surface area contributed by atoms with Gasteiger partial charge in [0.2, 0.25) is 0 Å². The topological polar surface area (TPSA) is 24.7 Å². The van der Waals surface area contributed by atoms with Crippen molar-refractivity contribution in [3.05, 3.63) is 12.7 Å². The van der Waals surface area contributed by atoms with E-state index in [4.69, 9.17) is 0 Å². The predicted octanol–water partition coefficient (Wildman–Crippen LogP) is 1.29. The van der Waals surface area contributed by atoms with Crippen LogP contribution in [0.5, 0.6) is 0 Å². The van der Waals surface area contributed by atoms with Gasteiger partial charge in [-0.15, -0.1) is 6.58 Å². The lowest BCUT2D eigenvalue weighted by atomic mass is 10.7. The monoisotopic (exact) mass is 110 g/mol. The van der Waals surface area contributed by atoms with Crippen molar-refractivity contribution >= 4 is 12.6 Å². The van der Waals surface area contributed by atoms with Crippen molar-refractivity contribution in [1.82, 2.24) is 0 Å². The average molecular weight is 110 g/mol. The Bertz CT molecular complexity index is 103. The highest BCUT2D eigenvalue weighted by Crippen LogP contribution is 1.67. The number of hydrogen-bond donors (Lipinski definition) is 0. The largest absolute Gasteiger partial charge is 0.269 e. The van der Waals surface area contributed by atoms with E-state index in [0.29, 0.717) is 6.54 Å². The van der Waals surface area contributed by atoms with E-state index in [-0.39, 0.29) is 0 Å². The molecule has 2 nitrogen and oxygen atoms in total. The van der Waals surface area contributed by atoms with Crippen LogP contribution in [0.3, 0.4) is 0 Å². The molecule has 0 aliphatic heterocycles. The summed E-state index contributed by atoms with van der Waals surface area (Å²) < 4.78 is 0. The van der Waals surface area contributed by atoms with Crippen molar-refractivity contribution in [3.8, 4) is 0 Å². The van der Waals surface area contributed by atoms with E-state index in [1.54, 1.807) is 12.3 Å². The van der Waals surface area contributed by atoms with Gasteiger partial charge in [0.05, 0.1) is 6.54 Å². The van der Waals surface area contributed by atoms with Gasteiger partial charge in [-0.2, -0.15) is 0 Å². The molecular formula is C6H10N2. The van der Waals surface area contributed by atoms with E-state index in [2.05, 4.69) is 16.6 Å². The number of aliphatic imine (C=N–C) groups is 2. The molecule has 0 heterocycles. The molecule has 0 atom stereocenters. The van der Waals surface area contributed by atoms with E-state index in [9.17, 15) is 0 Å². The molecule has 0 rings (SSSR count). The third kappa shape index (κ3) is 5.08. The van der Waals surface area contributed by atoms with Crippen molar-refractivity contribution in [2.75, 3.05) is 6.54 Å². The van der Waals surface area contributed by atoms with Crippen molar-refractivity contribution in [1.29, 1.82) is 0 Å². The van der Waals surface area contributed by atoms with Crippen LogP contribution in [0.2, 0.25) is 0 Å². The Morgan fingerprint density at radius 3 is 2.88 bits per heavy atom. The summed E-state index contributed by atoms with van der Waals surface area (Å²) in [5, 5.41) is 0. The van der Waals surface area contributed by atoms with Crippen LogP contribution in [-0.4, -0.2) is 19.1 Å². The molecule has 0 fully saturated rings. The molecule has 0 saturated heterocycles. The second kappa shape index (κ2) is 6.08. The first-order valence-corrected chi connectivity index (χ1v) is 2.48. The molecule has 0 spiro atoms. The van der Waals surface area contributed by atoms with E-state index in [1.807, 2.05) is 6.92 Å². The van der Waals surface area contributed by atoms with Crippen LogP contribution in [0.25, 0.3) is 0 Å². The predicted molar refractivity (Wildman–Crippen MR) is 37.7 cm³/mol. The standard InChI is InChI=1S/C6H10N2/c1-3-5-8-6-7-4-2/h3-4,6H,1,5H2,2H3. The van der Waals surface area contributed by atoms with E-state index in [1.165, 1.54) is 6.34 Å². The van der Waals surface area contributed by atoms with Gasteiger partial charge in [-0.1, -0.05) is 6.08 Å². The molecule has 0 radical (unpaired) electrons. The summed E-state index contributed by atoms with van der Waals surface area (Å²) in [6.45, 7) is 5.99. The maximum atomic E-state index is 3.84. The van der Waals surface area contributed by atoms with Crippen LogP contribution in [-0.2, 0) is 0 Å². The fraction of sp³-hybridized carbons (Fsp3) is 0.333. The molecule has 0 aliphatic carbocycles. The zero-order valence-electron chi connectivity index (χ0n) is 5.04. The van der Waals surface area contributed by atoms with E-state index in [0.717, 1.165) is 0 Å². The maximum absolute atomic E-state index is 3.84. The minimum absolute atomic E-state index is 0.650. The quantitative estimate of drug-likeness (QED) is 0.297. The lowest BCUT2D eigenvalue weighted by molar-refractivity contribution is 1.25. The molecule has 0 aromatic heterocycles. The van der Waals surface area contributed by atoms with Crippen molar-refractivity contribution in [2.45, 2.75) is 6.92 Å². The van der Waals surface area contributed by atoms with Crippen molar-refractivity contribution < 1.29 is 0 Å². The summed E-state index contributed by atoms with van der Waals surface area (Å²) in [5.74, 6) is 0. The summed E-state index contributed by atoms with van der Waals surface area (Å²) in [6.07, 6.45) is 4.93. The Balaban J connectivity index is 3.19. The molecule has 2 heteroatoms. The number of rotatable bonds is 3.